The molecule has 1 atom stereocenters. The Kier molecular flexibility index (Phi) is 5.63. The van der Waals surface area contributed by atoms with Crippen LogP contribution in [0.4, 0.5) is 4.39 Å². The van der Waals surface area contributed by atoms with Crippen molar-refractivity contribution in [3.63, 3.8) is 0 Å². The Hall–Kier alpha value is -3.82. The second-order valence-electron chi connectivity index (χ2n) is 8.96. The monoisotopic (exact) mass is 478 g/mol. The third-order valence-electron chi connectivity index (χ3n) is 6.72. The van der Waals surface area contributed by atoms with Gasteiger partial charge in [-0.25, -0.2) is 4.39 Å². The van der Waals surface area contributed by atoms with E-state index in [0.29, 0.717) is 6.54 Å². The molecule has 1 unspecified atom stereocenters. The Bertz CT molecular complexity index is 1500. The van der Waals surface area contributed by atoms with Crippen molar-refractivity contribution in [2.75, 3.05) is 0 Å². The summed E-state index contributed by atoms with van der Waals surface area (Å²) in [6, 6.07) is 34.0. The van der Waals surface area contributed by atoms with Crippen LogP contribution in [0.2, 0.25) is 5.02 Å². The van der Waals surface area contributed by atoms with E-state index in [9.17, 15) is 4.39 Å². The van der Waals surface area contributed by atoms with Crippen LogP contribution in [0.5, 0.6) is 0 Å². The summed E-state index contributed by atoms with van der Waals surface area (Å²) >= 11 is 6.27. The molecular weight excluding hydrogens is 455 g/mol. The number of halogens is 2. The van der Waals surface area contributed by atoms with Gasteiger partial charge in [-0.3, -0.25) is 0 Å². The summed E-state index contributed by atoms with van der Waals surface area (Å²) in [6.07, 6.45) is 4.44. The lowest BCUT2D eigenvalue weighted by Gasteiger charge is -2.35. The van der Waals surface area contributed by atoms with Gasteiger partial charge in [0.05, 0.1) is 11.7 Å². The van der Waals surface area contributed by atoms with Crippen molar-refractivity contribution in [3.8, 4) is 0 Å². The number of hydrogen-bond donors (Lipinski definition) is 0. The highest BCUT2D eigenvalue weighted by atomic mass is 35.5. The van der Waals surface area contributed by atoms with Crippen molar-refractivity contribution >= 4 is 28.6 Å². The molecule has 0 saturated heterocycles. The van der Waals surface area contributed by atoms with E-state index in [1.165, 1.54) is 45.4 Å². The van der Waals surface area contributed by atoms with Gasteiger partial charge in [-0.15, -0.1) is 0 Å². The highest BCUT2D eigenvalue weighted by Crippen LogP contribution is 2.42. The van der Waals surface area contributed by atoms with Crippen molar-refractivity contribution in [3.05, 3.63) is 148 Å². The van der Waals surface area contributed by atoms with Crippen LogP contribution in [0.3, 0.4) is 0 Å². The molecule has 4 heteroatoms. The number of rotatable bonds is 5. The topological polar surface area (TPSA) is 8.17 Å². The summed E-state index contributed by atoms with van der Waals surface area (Å²) < 4.78 is 16.0. The lowest BCUT2D eigenvalue weighted by molar-refractivity contribution is 0.296. The minimum atomic E-state index is -0.218. The largest absolute Gasteiger partial charge is 0.361 e. The Balaban J connectivity index is 1.55. The van der Waals surface area contributed by atoms with E-state index in [1.54, 1.807) is 0 Å². The van der Waals surface area contributed by atoms with Crippen LogP contribution in [0.15, 0.2) is 109 Å². The van der Waals surface area contributed by atoms with Gasteiger partial charge in [-0.05, 0) is 53.1 Å². The van der Waals surface area contributed by atoms with Crippen LogP contribution in [-0.2, 0) is 13.1 Å². The number of benzene rings is 4. The van der Waals surface area contributed by atoms with Gasteiger partial charge in [0.15, 0.2) is 0 Å². The molecule has 172 valence electrons. The second-order valence-corrected chi connectivity index (χ2v) is 9.39. The van der Waals surface area contributed by atoms with Gasteiger partial charge in [-0.1, -0.05) is 84.4 Å². The van der Waals surface area contributed by atoms with E-state index in [0.717, 1.165) is 17.1 Å². The smallest absolute Gasteiger partial charge is 0.123 e. The maximum atomic E-state index is 13.6. The molecule has 6 rings (SSSR count). The average Bonchev–Trinajstić information content (AvgIpc) is 3.20. The van der Waals surface area contributed by atoms with Crippen molar-refractivity contribution in [1.82, 2.24) is 9.47 Å². The molecule has 1 aromatic heterocycles. The third-order valence-corrected chi connectivity index (χ3v) is 6.97. The van der Waals surface area contributed by atoms with E-state index in [1.807, 2.05) is 30.3 Å². The van der Waals surface area contributed by atoms with Crippen molar-refractivity contribution in [2.24, 2.45) is 0 Å². The Labute approximate surface area is 209 Å². The van der Waals surface area contributed by atoms with Gasteiger partial charge >= 0.3 is 0 Å². The van der Waals surface area contributed by atoms with Crippen LogP contribution >= 0.6 is 11.6 Å². The molecule has 2 nitrogen and oxygen atoms in total. The number of hydrogen-bond acceptors (Lipinski definition) is 1. The molecule has 0 bridgehead atoms. The first-order chi connectivity index (χ1) is 17.2. The zero-order valence-corrected chi connectivity index (χ0v) is 19.9. The zero-order valence-electron chi connectivity index (χ0n) is 19.1. The molecule has 0 spiro atoms. The number of para-hydroxylation sites is 1. The summed E-state index contributed by atoms with van der Waals surface area (Å²) in [5.41, 5.74) is 7.13. The second kappa shape index (κ2) is 9.09. The molecule has 0 N–H and O–H groups in total. The van der Waals surface area contributed by atoms with Crippen LogP contribution in [0.25, 0.3) is 17.0 Å². The first-order valence-corrected chi connectivity index (χ1v) is 12.1. The SMILES string of the molecule is Fc1ccc(Cn2c3c(c4ccccc42)C=CN(Cc2ccccc2)C3c2ccc(Cl)cc2)cc1. The highest BCUT2D eigenvalue weighted by Gasteiger charge is 2.31. The van der Waals surface area contributed by atoms with Crippen molar-refractivity contribution < 1.29 is 4.39 Å². The standard InChI is InChI=1S/C31H24ClFN2/c32-25-14-12-24(13-15-25)30-31-28(18-19-34(30)20-22-6-2-1-3-7-22)27-8-4-5-9-29(27)35(31)21-23-10-16-26(33)17-11-23/h1-19,30H,20-21H2. The summed E-state index contributed by atoms with van der Waals surface area (Å²) in [6.45, 7) is 1.44. The molecule has 1 aliphatic rings. The quantitative estimate of drug-likeness (QED) is 0.248. The van der Waals surface area contributed by atoms with Crippen LogP contribution in [0.1, 0.15) is 34.0 Å². The first kappa shape index (κ1) is 21.7. The van der Waals surface area contributed by atoms with E-state index >= 15 is 0 Å². The molecule has 0 fully saturated rings. The Morgan fingerprint density at radius 2 is 1.40 bits per heavy atom. The van der Waals surface area contributed by atoms with Gasteiger partial charge < -0.3 is 9.47 Å². The van der Waals surface area contributed by atoms with Crippen molar-refractivity contribution in [2.45, 2.75) is 19.1 Å². The minimum absolute atomic E-state index is 0.000297. The Morgan fingerprint density at radius 3 is 2.17 bits per heavy atom. The number of fused-ring (bicyclic) bond motifs is 3. The number of aromatic nitrogens is 1. The molecule has 0 saturated carbocycles. The molecule has 0 amide bonds. The van der Waals surface area contributed by atoms with E-state index < -0.39 is 0 Å². The number of nitrogens with zero attached hydrogens (tertiary/aromatic N) is 2. The maximum absolute atomic E-state index is 13.6. The summed E-state index contributed by atoms with van der Waals surface area (Å²) in [5.74, 6) is -0.218. The average molecular weight is 479 g/mol. The summed E-state index contributed by atoms with van der Waals surface area (Å²) in [5, 5.41) is 1.95. The molecular formula is C31H24ClFN2. The van der Waals surface area contributed by atoms with E-state index in [2.05, 4.69) is 82.4 Å². The van der Waals surface area contributed by atoms with Crippen molar-refractivity contribution in [1.29, 1.82) is 0 Å². The highest BCUT2D eigenvalue weighted by molar-refractivity contribution is 6.30. The summed E-state index contributed by atoms with van der Waals surface area (Å²) in [7, 11) is 0. The predicted molar refractivity (Wildman–Crippen MR) is 142 cm³/mol. The summed E-state index contributed by atoms with van der Waals surface area (Å²) in [4.78, 5) is 2.39. The molecule has 1 aliphatic heterocycles. The molecule has 0 aliphatic carbocycles. The third kappa shape index (κ3) is 4.13. The molecule has 2 heterocycles. The molecule has 35 heavy (non-hydrogen) atoms. The van der Waals surface area contributed by atoms with Crippen LogP contribution in [-0.4, -0.2) is 9.47 Å². The predicted octanol–water partition coefficient (Wildman–Crippen LogP) is 8.06. The Morgan fingerprint density at radius 1 is 0.714 bits per heavy atom. The zero-order chi connectivity index (χ0) is 23.8. The van der Waals surface area contributed by atoms with Gasteiger partial charge in [-0.2, -0.15) is 0 Å². The van der Waals surface area contributed by atoms with Gasteiger partial charge in [0.1, 0.15) is 5.82 Å². The molecule has 0 radical (unpaired) electrons. The van der Waals surface area contributed by atoms with E-state index in [4.69, 9.17) is 11.6 Å². The van der Waals surface area contributed by atoms with Crippen LogP contribution in [0, 0.1) is 5.82 Å². The lowest BCUT2D eigenvalue weighted by Crippen LogP contribution is -2.29. The van der Waals surface area contributed by atoms with Gasteiger partial charge in [0, 0.05) is 40.8 Å². The van der Waals surface area contributed by atoms with E-state index in [-0.39, 0.29) is 11.9 Å². The fourth-order valence-corrected chi connectivity index (χ4v) is 5.23. The molecule has 4 aromatic carbocycles. The fraction of sp³-hybridized carbons (Fsp3) is 0.0968. The van der Waals surface area contributed by atoms with Gasteiger partial charge in [0.2, 0.25) is 0 Å². The normalized spacial score (nSPS) is 14.9. The van der Waals surface area contributed by atoms with Gasteiger partial charge in [0.25, 0.3) is 0 Å². The first-order valence-electron chi connectivity index (χ1n) is 11.8. The molecule has 5 aromatic rings. The fourth-order valence-electron chi connectivity index (χ4n) is 5.11. The maximum Gasteiger partial charge on any atom is 0.123 e. The lowest BCUT2D eigenvalue weighted by atomic mass is 9.94. The van der Waals surface area contributed by atoms with Crippen LogP contribution < -0.4 is 0 Å². The minimum Gasteiger partial charge on any atom is -0.361 e.